The van der Waals surface area contributed by atoms with Gasteiger partial charge in [-0.2, -0.15) is 0 Å². The Bertz CT molecular complexity index is 391. The van der Waals surface area contributed by atoms with Crippen LogP contribution in [0.25, 0.3) is 0 Å². The normalized spacial score (nSPS) is 33.2. The predicted octanol–water partition coefficient (Wildman–Crippen LogP) is 0.726. The summed E-state index contributed by atoms with van der Waals surface area (Å²) >= 11 is 0. The maximum atomic E-state index is 11.3. The van der Waals surface area contributed by atoms with Gasteiger partial charge in [0, 0.05) is 12.6 Å². The minimum atomic E-state index is -3.08. The highest BCUT2D eigenvalue weighted by Gasteiger charge is 2.38. The van der Waals surface area contributed by atoms with Gasteiger partial charge in [-0.25, -0.2) is 13.1 Å². The topological polar surface area (TPSA) is 58.2 Å². The van der Waals surface area contributed by atoms with Gasteiger partial charge in [0.25, 0.3) is 0 Å². The summed E-state index contributed by atoms with van der Waals surface area (Å²) in [5.74, 6) is 2.32. The lowest BCUT2D eigenvalue weighted by Gasteiger charge is -2.26. The minimum Gasteiger partial charge on any atom is -0.313 e. The molecular weight excluding hydrogens is 236 g/mol. The van der Waals surface area contributed by atoms with E-state index in [2.05, 4.69) is 29.1 Å². The lowest BCUT2D eigenvalue weighted by molar-refractivity contribution is 0.332. The molecule has 0 aliphatic heterocycles. The smallest absolute Gasteiger partial charge is 0.212 e. The zero-order chi connectivity index (χ0) is 12.5. The van der Waals surface area contributed by atoms with Gasteiger partial charge in [0.2, 0.25) is 10.0 Å². The van der Waals surface area contributed by atoms with E-state index in [9.17, 15) is 8.42 Å². The van der Waals surface area contributed by atoms with Gasteiger partial charge in [-0.05, 0) is 44.6 Å². The molecule has 1 fully saturated rings. The highest BCUT2D eigenvalue weighted by molar-refractivity contribution is 7.89. The number of allylic oxidation sites excluding steroid dienone is 2. The van der Waals surface area contributed by atoms with E-state index in [0.717, 1.165) is 5.92 Å². The SMILES string of the molecule is CNS(=O)(=O)CCNC(C)C1CC2C=CC1C2. The molecule has 0 radical (unpaired) electrons. The summed E-state index contributed by atoms with van der Waals surface area (Å²) in [7, 11) is -1.62. The van der Waals surface area contributed by atoms with Gasteiger partial charge >= 0.3 is 0 Å². The van der Waals surface area contributed by atoms with Crippen LogP contribution in [0.15, 0.2) is 12.2 Å². The molecule has 2 bridgehead atoms. The van der Waals surface area contributed by atoms with Crippen molar-refractivity contribution < 1.29 is 8.42 Å². The first-order chi connectivity index (χ1) is 8.02. The monoisotopic (exact) mass is 258 g/mol. The Morgan fingerprint density at radius 1 is 1.35 bits per heavy atom. The van der Waals surface area contributed by atoms with Gasteiger partial charge in [0.15, 0.2) is 0 Å². The molecule has 98 valence electrons. The fourth-order valence-electron chi connectivity index (χ4n) is 3.07. The highest BCUT2D eigenvalue weighted by atomic mass is 32.2. The molecule has 0 aromatic rings. The van der Waals surface area contributed by atoms with E-state index in [4.69, 9.17) is 0 Å². The molecule has 1 saturated carbocycles. The summed E-state index contributed by atoms with van der Waals surface area (Å²) in [6.45, 7) is 2.70. The van der Waals surface area contributed by atoms with Crippen molar-refractivity contribution in [3.8, 4) is 0 Å². The zero-order valence-electron chi connectivity index (χ0n) is 10.5. The van der Waals surface area contributed by atoms with Crippen LogP contribution in [0.3, 0.4) is 0 Å². The number of hydrogen-bond acceptors (Lipinski definition) is 3. The van der Waals surface area contributed by atoms with Crippen molar-refractivity contribution in [2.45, 2.75) is 25.8 Å². The Labute approximate surface area is 104 Å². The Hall–Kier alpha value is -0.390. The largest absolute Gasteiger partial charge is 0.313 e. The van der Waals surface area contributed by atoms with Gasteiger partial charge in [0.05, 0.1) is 5.75 Å². The molecule has 4 nitrogen and oxygen atoms in total. The van der Waals surface area contributed by atoms with Crippen LogP contribution in [0, 0.1) is 17.8 Å². The molecule has 0 heterocycles. The number of rotatable bonds is 6. The average molecular weight is 258 g/mol. The van der Waals surface area contributed by atoms with Crippen molar-refractivity contribution in [3.63, 3.8) is 0 Å². The Morgan fingerprint density at radius 2 is 2.12 bits per heavy atom. The third-order valence-electron chi connectivity index (χ3n) is 4.12. The first-order valence-corrected chi connectivity index (χ1v) is 8.00. The van der Waals surface area contributed by atoms with Gasteiger partial charge < -0.3 is 5.32 Å². The Balaban J connectivity index is 1.75. The molecule has 0 saturated heterocycles. The van der Waals surface area contributed by atoms with Gasteiger partial charge in [0.1, 0.15) is 0 Å². The molecule has 4 unspecified atom stereocenters. The van der Waals surface area contributed by atoms with Crippen LogP contribution in [-0.2, 0) is 10.0 Å². The van der Waals surface area contributed by atoms with Gasteiger partial charge in [-0.1, -0.05) is 12.2 Å². The lowest BCUT2D eigenvalue weighted by atomic mass is 9.87. The summed E-state index contributed by atoms with van der Waals surface area (Å²) in [6.07, 6.45) is 7.22. The molecule has 17 heavy (non-hydrogen) atoms. The van der Waals surface area contributed by atoms with Crippen LogP contribution in [-0.4, -0.2) is 33.8 Å². The van der Waals surface area contributed by atoms with E-state index in [1.165, 1.54) is 19.9 Å². The zero-order valence-corrected chi connectivity index (χ0v) is 11.3. The second-order valence-corrected chi connectivity index (χ2v) is 7.26. The third-order valence-corrected chi connectivity index (χ3v) is 5.48. The molecule has 0 aromatic carbocycles. The van der Waals surface area contributed by atoms with Crippen LogP contribution < -0.4 is 10.0 Å². The summed E-state index contributed by atoms with van der Waals surface area (Å²) in [4.78, 5) is 0. The van der Waals surface area contributed by atoms with Crippen LogP contribution in [0.5, 0.6) is 0 Å². The van der Waals surface area contributed by atoms with Crippen LogP contribution in [0.4, 0.5) is 0 Å². The molecule has 0 amide bonds. The summed E-state index contributed by atoms with van der Waals surface area (Å²) in [6, 6.07) is 0.405. The fourth-order valence-corrected chi connectivity index (χ4v) is 3.66. The molecule has 0 spiro atoms. The lowest BCUT2D eigenvalue weighted by Crippen LogP contribution is -2.39. The van der Waals surface area contributed by atoms with Crippen molar-refractivity contribution >= 4 is 10.0 Å². The molecular formula is C12H22N2O2S. The quantitative estimate of drug-likeness (QED) is 0.690. The molecule has 2 aliphatic carbocycles. The predicted molar refractivity (Wildman–Crippen MR) is 69.2 cm³/mol. The van der Waals surface area contributed by atoms with E-state index >= 15 is 0 Å². The summed E-state index contributed by atoms with van der Waals surface area (Å²) < 4.78 is 24.9. The van der Waals surface area contributed by atoms with Crippen molar-refractivity contribution in [3.05, 3.63) is 12.2 Å². The summed E-state index contributed by atoms with van der Waals surface area (Å²) in [5.41, 5.74) is 0. The van der Waals surface area contributed by atoms with Gasteiger partial charge in [-0.15, -0.1) is 0 Å². The Kier molecular flexibility index (Phi) is 3.90. The van der Waals surface area contributed by atoms with E-state index < -0.39 is 10.0 Å². The molecule has 2 aliphatic rings. The number of fused-ring (bicyclic) bond motifs is 2. The van der Waals surface area contributed by atoms with Crippen molar-refractivity contribution in [2.75, 3.05) is 19.3 Å². The highest BCUT2D eigenvalue weighted by Crippen LogP contribution is 2.44. The first kappa shape index (κ1) is 13.1. The molecule has 5 heteroatoms. The second kappa shape index (κ2) is 5.08. The van der Waals surface area contributed by atoms with E-state index in [1.54, 1.807) is 0 Å². The molecule has 4 atom stereocenters. The van der Waals surface area contributed by atoms with Gasteiger partial charge in [-0.3, -0.25) is 0 Å². The fraction of sp³-hybridized carbons (Fsp3) is 0.833. The van der Waals surface area contributed by atoms with Crippen molar-refractivity contribution in [1.82, 2.24) is 10.0 Å². The summed E-state index contributed by atoms with van der Waals surface area (Å²) in [5, 5.41) is 3.35. The second-order valence-electron chi connectivity index (χ2n) is 5.21. The maximum absolute atomic E-state index is 11.3. The molecule has 0 aromatic heterocycles. The Morgan fingerprint density at radius 3 is 2.65 bits per heavy atom. The molecule has 2 rings (SSSR count). The third kappa shape index (κ3) is 3.09. The number of hydrogen-bond donors (Lipinski definition) is 2. The van der Waals surface area contributed by atoms with E-state index in [1.807, 2.05) is 0 Å². The van der Waals surface area contributed by atoms with Crippen LogP contribution in [0.2, 0.25) is 0 Å². The van der Waals surface area contributed by atoms with Crippen LogP contribution >= 0.6 is 0 Å². The number of sulfonamides is 1. The number of nitrogens with one attached hydrogen (secondary N) is 2. The average Bonchev–Trinajstić information content (AvgIpc) is 2.90. The van der Waals surface area contributed by atoms with E-state index in [-0.39, 0.29) is 5.75 Å². The van der Waals surface area contributed by atoms with E-state index in [0.29, 0.717) is 24.4 Å². The van der Waals surface area contributed by atoms with Crippen LogP contribution in [0.1, 0.15) is 19.8 Å². The minimum absolute atomic E-state index is 0.157. The first-order valence-electron chi connectivity index (χ1n) is 6.35. The molecule has 2 N–H and O–H groups in total. The standard InChI is InChI=1S/C12H22N2O2S/c1-9(14-5-6-17(15,16)13-2)12-8-10-3-4-11(12)7-10/h3-4,9-14H,5-8H2,1-2H3. The maximum Gasteiger partial charge on any atom is 0.212 e. The van der Waals surface area contributed by atoms with Crippen molar-refractivity contribution in [1.29, 1.82) is 0 Å². The van der Waals surface area contributed by atoms with Crippen molar-refractivity contribution in [2.24, 2.45) is 17.8 Å².